The Morgan fingerprint density at radius 3 is 2.05 bits per heavy atom. The third-order valence-corrected chi connectivity index (χ3v) is 4.16. The smallest absolute Gasteiger partial charge is 0.358 e. The van der Waals surface area contributed by atoms with E-state index in [1.165, 1.54) is 23.5 Å². The number of anilines is 1. The molecule has 0 fully saturated rings. The van der Waals surface area contributed by atoms with Gasteiger partial charge in [-0.1, -0.05) is 18.2 Å². The van der Waals surface area contributed by atoms with Gasteiger partial charge in [-0.15, -0.1) is 4.90 Å². The zero-order chi connectivity index (χ0) is 12.3. The molecule has 0 atom stereocenters. The van der Waals surface area contributed by atoms with Gasteiger partial charge in [0, 0.05) is 12.7 Å². The Kier molecular flexibility index (Phi) is 7.59. The molecule has 0 spiro atoms. The standard InChI is InChI=1S/C13H11NO2S.2Li/c1-14(12-8-4-2-5-9-12)17(15,16)13-10-6-3-7-11-13;;/h2-5,8-11H,1H3;;/q-2;2*+1. The molecule has 0 saturated heterocycles. The molecule has 0 aromatic heterocycles. The van der Waals surface area contributed by atoms with Crippen LogP contribution in [0, 0.1) is 12.1 Å². The van der Waals surface area contributed by atoms with Crippen LogP contribution in [0.2, 0.25) is 0 Å². The first-order valence-corrected chi connectivity index (χ1v) is 6.47. The van der Waals surface area contributed by atoms with Crippen LogP contribution in [0.1, 0.15) is 0 Å². The molecule has 0 aliphatic rings. The van der Waals surface area contributed by atoms with E-state index in [0.717, 1.165) is 0 Å². The van der Waals surface area contributed by atoms with Crippen LogP contribution in [0.4, 0.5) is 5.69 Å². The predicted octanol–water partition coefficient (Wildman–Crippen LogP) is -3.88. The third kappa shape index (κ3) is 4.18. The largest absolute Gasteiger partial charge is 1.00 e. The van der Waals surface area contributed by atoms with E-state index in [0.29, 0.717) is 5.69 Å². The van der Waals surface area contributed by atoms with Gasteiger partial charge in [0.05, 0.1) is 0 Å². The summed E-state index contributed by atoms with van der Waals surface area (Å²) in [7, 11) is -2.00. The number of hydrogen-bond donors (Lipinski definition) is 0. The average Bonchev–Trinajstić information content (AvgIpc) is 2.40. The van der Waals surface area contributed by atoms with Crippen molar-refractivity contribution in [3.63, 3.8) is 0 Å². The molecule has 0 radical (unpaired) electrons. The fourth-order valence-electron chi connectivity index (χ4n) is 1.42. The maximum atomic E-state index is 12.2. The summed E-state index contributed by atoms with van der Waals surface area (Å²) >= 11 is 0. The van der Waals surface area contributed by atoms with Gasteiger partial charge in [-0.05, 0) is 12.1 Å². The first-order valence-electron chi connectivity index (χ1n) is 5.03. The van der Waals surface area contributed by atoms with Crippen LogP contribution < -0.4 is 42.0 Å². The molecule has 0 saturated carbocycles. The average molecular weight is 259 g/mol. The minimum atomic E-state index is -3.52. The Morgan fingerprint density at radius 2 is 1.53 bits per heavy atom. The summed E-state index contributed by atoms with van der Waals surface area (Å²) in [5, 5.41) is 0. The van der Waals surface area contributed by atoms with Gasteiger partial charge in [-0.2, -0.15) is 0 Å². The van der Waals surface area contributed by atoms with E-state index in [-0.39, 0.29) is 42.6 Å². The van der Waals surface area contributed by atoms with Crippen molar-refractivity contribution in [1.82, 2.24) is 0 Å². The van der Waals surface area contributed by atoms with Crippen LogP contribution in [0.3, 0.4) is 0 Å². The zero-order valence-electron chi connectivity index (χ0n) is 11.3. The number of para-hydroxylation sites is 1. The first kappa shape index (κ1) is 18.4. The summed E-state index contributed by atoms with van der Waals surface area (Å²) in [6, 6.07) is 18.8. The normalized spacial score (nSPS) is 9.95. The van der Waals surface area contributed by atoms with Gasteiger partial charge in [-0.3, -0.25) is 16.4 Å². The summed E-state index contributed by atoms with van der Waals surface area (Å²) in [5.41, 5.74) is 0.622. The van der Waals surface area contributed by atoms with Crippen molar-refractivity contribution in [3.05, 3.63) is 60.7 Å². The summed E-state index contributed by atoms with van der Waals surface area (Å²) in [6.45, 7) is 0. The van der Waals surface area contributed by atoms with E-state index < -0.39 is 10.0 Å². The molecule has 0 aliphatic carbocycles. The zero-order valence-corrected chi connectivity index (χ0v) is 12.1. The minimum Gasteiger partial charge on any atom is -0.358 e. The molecule has 0 aliphatic heterocycles. The maximum Gasteiger partial charge on any atom is 1.00 e. The van der Waals surface area contributed by atoms with Gasteiger partial charge in [0.1, 0.15) is 0 Å². The minimum absolute atomic E-state index is 0. The molecule has 0 unspecified atom stereocenters. The van der Waals surface area contributed by atoms with Crippen molar-refractivity contribution in [1.29, 1.82) is 0 Å². The van der Waals surface area contributed by atoms with Gasteiger partial charge in [0.15, 0.2) is 10.0 Å². The van der Waals surface area contributed by atoms with Crippen molar-refractivity contribution >= 4 is 15.7 Å². The predicted molar refractivity (Wildman–Crippen MR) is 66.1 cm³/mol. The topological polar surface area (TPSA) is 37.4 Å². The van der Waals surface area contributed by atoms with Gasteiger partial charge in [-0.25, -0.2) is 8.42 Å². The fraction of sp³-hybridized carbons (Fsp3) is 0.0769. The molecule has 2 aromatic carbocycles. The van der Waals surface area contributed by atoms with Crippen LogP contribution in [-0.2, 0) is 10.0 Å². The van der Waals surface area contributed by atoms with Crippen LogP contribution in [-0.4, -0.2) is 15.5 Å². The number of benzene rings is 2. The van der Waals surface area contributed by atoms with Crippen molar-refractivity contribution in [2.75, 3.05) is 11.4 Å². The second kappa shape index (κ2) is 7.85. The second-order valence-electron chi connectivity index (χ2n) is 3.48. The Morgan fingerprint density at radius 1 is 1.00 bits per heavy atom. The molecule has 6 heteroatoms. The van der Waals surface area contributed by atoms with Crippen molar-refractivity contribution in [2.24, 2.45) is 0 Å². The summed E-state index contributed by atoms with van der Waals surface area (Å²) < 4.78 is 25.7. The van der Waals surface area contributed by atoms with E-state index in [4.69, 9.17) is 0 Å². The van der Waals surface area contributed by atoms with Crippen LogP contribution in [0.25, 0.3) is 0 Å². The van der Waals surface area contributed by atoms with Gasteiger partial charge >= 0.3 is 37.7 Å². The van der Waals surface area contributed by atoms with Gasteiger partial charge in [0.2, 0.25) is 0 Å². The van der Waals surface area contributed by atoms with E-state index in [1.54, 1.807) is 30.3 Å². The molecule has 19 heavy (non-hydrogen) atoms. The van der Waals surface area contributed by atoms with Gasteiger partial charge < -0.3 is 18.2 Å². The van der Waals surface area contributed by atoms with E-state index in [2.05, 4.69) is 12.1 Å². The van der Waals surface area contributed by atoms with Crippen LogP contribution in [0.5, 0.6) is 0 Å². The molecule has 3 nitrogen and oxygen atoms in total. The molecule has 2 rings (SSSR count). The van der Waals surface area contributed by atoms with E-state index in [1.807, 2.05) is 6.07 Å². The van der Waals surface area contributed by atoms with Crippen LogP contribution >= 0.6 is 0 Å². The van der Waals surface area contributed by atoms with Crippen LogP contribution in [0.15, 0.2) is 53.4 Å². The van der Waals surface area contributed by atoms with Crippen molar-refractivity contribution < 1.29 is 46.1 Å². The number of hydrogen-bond acceptors (Lipinski definition) is 2. The monoisotopic (exact) mass is 259 g/mol. The maximum absolute atomic E-state index is 12.2. The molecule has 0 heterocycles. The molecule has 0 N–H and O–H groups in total. The molecule has 0 amide bonds. The first-order chi connectivity index (χ1) is 8.12. The quantitative estimate of drug-likeness (QED) is 0.418. The molecule has 0 bridgehead atoms. The van der Waals surface area contributed by atoms with Crippen molar-refractivity contribution in [3.8, 4) is 0 Å². The number of sulfonamides is 1. The summed E-state index contributed by atoms with van der Waals surface area (Å²) in [5.74, 6) is 0. The molecular weight excluding hydrogens is 248 g/mol. The molecule has 2 aromatic rings. The number of rotatable bonds is 3. The molecule has 88 valence electrons. The molecular formula is C13H11Li2NO2S. The Hall–Kier alpha value is -0.615. The van der Waals surface area contributed by atoms with Crippen molar-refractivity contribution in [2.45, 2.75) is 4.90 Å². The SMILES string of the molecule is CN(c1ccccc1)S(=O)(=O)c1c[c-]c[c-]c1.[Li+].[Li+]. The van der Waals surface area contributed by atoms with Gasteiger partial charge in [0.25, 0.3) is 0 Å². The number of nitrogens with zero attached hydrogens (tertiary/aromatic N) is 1. The van der Waals surface area contributed by atoms with E-state index >= 15 is 0 Å². The fourth-order valence-corrected chi connectivity index (χ4v) is 2.57. The van der Waals surface area contributed by atoms with E-state index in [9.17, 15) is 8.42 Å². The Balaban J connectivity index is 0.00000162. The second-order valence-corrected chi connectivity index (χ2v) is 5.45. The summed E-state index contributed by atoms with van der Waals surface area (Å²) in [6.07, 6.45) is 0. The Labute approximate surface area is 138 Å². The summed E-state index contributed by atoms with van der Waals surface area (Å²) in [4.78, 5) is 0.186. The Bertz CT molecular complexity index is 589. The third-order valence-electron chi connectivity index (χ3n) is 2.40.